The molecule has 1 amide bonds. The number of carbonyl (C=O) groups excluding carboxylic acids is 1. The molecule has 0 bridgehead atoms. The largest absolute Gasteiger partial charge is 0.321 e. The van der Waals surface area contributed by atoms with Crippen molar-refractivity contribution in [3.63, 3.8) is 0 Å². The molecule has 0 saturated carbocycles. The van der Waals surface area contributed by atoms with Crippen LogP contribution in [0.2, 0.25) is 0 Å². The number of hydrazine groups is 1. The smallest absolute Gasteiger partial charge is 0.255 e. The van der Waals surface area contributed by atoms with Crippen LogP contribution in [0, 0.1) is 20.8 Å². The monoisotopic (exact) mass is 348 g/mol. The second kappa shape index (κ2) is 6.24. The summed E-state index contributed by atoms with van der Waals surface area (Å²) in [5, 5.41) is 2.94. The zero-order valence-electron chi connectivity index (χ0n) is 12.1. The summed E-state index contributed by atoms with van der Waals surface area (Å²) < 4.78 is 0.991. The van der Waals surface area contributed by atoms with Crippen LogP contribution in [0.3, 0.4) is 0 Å². The molecule has 0 aliphatic rings. The molecule has 0 aliphatic heterocycles. The minimum absolute atomic E-state index is 0.189. The van der Waals surface area contributed by atoms with E-state index >= 15 is 0 Å². The summed E-state index contributed by atoms with van der Waals surface area (Å²) in [5.41, 5.74) is 6.51. The van der Waals surface area contributed by atoms with Crippen LogP contribution in [0.25, 0.3) is 0 Å². The summed E-state index contributed by atoms with van der Waals surface area (Å²) in [6, 6.07) is 7.27. The Bertz CT molecular complexity index is 677. The van der Waals surface area contributed by atoms with E-state index in [0.717, 1.165) is 27.0 Å². The molecule has 4 N–H and O–H groups in total. The van der Waals surface area contributed by atoms with Gasteiger partial charge in [0, 0.05) is 21.4 Å². The molecule has 0 unspecified atom stereocenters. The van der Waals surface area contributed by atoms with Crippen molar-refractivity contribution < 1.29 is 4.79 Å². The number of amides is 1. The number of nitrogens with two attached hydrogens (primary N) is 1. The molecule has 1 heterocycles. The van der Waals surface area contributed by atoms with E-state index in [1.54, 1.807) is 12.1 Å². The van der Waals surface area contributed by atoms with Crippen molar-refractivity contribution in [2.75, 3.05) is 10.7 Å². The molecule has 0 spiro atoms. The van der Waals surface area contributed by atoms with Gasteiger partial charge in [0.2, 0.25) is 0 Å². The lowest BCUT2D eigenvalue weighted by Gasteiger charge is -2.13. The minimum Gasteiger partial charge on any atom is -0.321 e. The molecule has 0 atom stereocenters. The fraction of sp³-hybridized carbons (Fsp3) is 0.200. The molecule has 2 aromatic rings. The topological polar surface area (TPSA) is 80.0 Å². The number of nitrogens with one attached hydrogen (secondary N) is 2. The van der Waals surface area contributed by atoms with E-state index < -0.39 is 0 Å². The van der Waals surface area contributed by atoms with Gasteiger partial charge >= 0.3 is 0 Å². The van der Waals surface area contributed by atoms with Gasteiger partial charge in [-0.05, 0) is 56.2 Å². The lowest BCUT2D eigenvalue weighted by molar-refractivity contribution is 0.102. The van der Waals surface area contributed by atoms with Gasteiger partial charge in [-0.1, -0.05) is 15.9 Å². The first kappa shape index (κ1) is 15.5. The molecule has 5 nitrogen and oxygen atoms in total. The first-order valence-electron chi connectivity index (χ1n) is 6.44. The van der Waals surface area contributed by atoms with Crippen molar-refractivity contribution in [2.45, 2.75) is 20.8 Å². The zero-order valence-corrected chi connectivity index (χ0v) is 13.7. The van der Waals surface area contributed by atoms with Crippen LogP contribution < -0.4 is 16.6 Å². The highest BCUT2D eigenvalue weighted by Crippen LogP contribution is 2.25. The van der Waals surface area contributed by atoms with E-state index in [-0.39, 0.29) is 5.91 Å². The van der Waals surface area contributed by atoms with E-state index in [4.69, 9.17) is 5.84 Å². The van der Waals surface area contributed by atoms with Crippen molar-refractivity contribution >= 4 is 33.3 Å². The first-order chi connectivity index (χ1) is 9.90. The van der Waals surface area contributed by atoms with Gasteiger partial charge in [-0.15, -0.1) is 0 Å². The number of anilines is 2. The van der Waals surface area contributed by atoms with Crippen LogP contribution in [0.15, 0.2) is 28.7 Å². The molecule has 6 heteroatoms. The number of hydrogen-bond acceptors (Lipinski definition) is 4. The highest BCUT2D eigenvalue weighted by Gasteiger charge is 2.12. The van der Waals surface area contributed by atoms with Crippen molar-refractivity contribution in [1.29, 1.82) is 0 Å². The zero-order chi connectivity index (χ0) is 15.6. The molecule has 0 saturated heterocycles. The Balaban J connectivity index is 2.32. The predicted octanol–water partition coefficient (Wildman–Crippen LogP) is 3.31. The number of halogens is 1. The number of aryl methyl sites for hydroxylation is 3. The molecule has 0 fully saturated rings. The Morgan fingerprint density at radius 3 is 2.33 bits per heavy atom. The third-order valence-corrected chi connectivity index (χ3v) is 3.56. The standard InChI is InChI=1S/C15H17BrN4O/c1-8-4-12(16)5-9(2)14(8)19-15(21)11-6-10(3)18-13(7-11)20-17/h4-7H,17H2,1-3H3,(H,18,20)(H,19,21). The van der Waals surface area contributed by atoms with Gasteiger partial charge in [-0.2, -0.15) is 0 Å². The molecule has 0 aliphatic carbocycles. The van der Waals surface area contributed by atoms with Crippen LogP contribution in [-0.2, 0) is 0 Å². The van der Waals surface area contributed by atoms with Crippen molar-refractivity contribution in [3.8, 4) is 0 Å². The number of nitrogens with zero attached hydrogens (tertiary/aromatic N) is 1. The van der Waals surface area contributed by atoms with Gasteiger partial charge in [0.05, 0.1) is 0 Å². The van der Waals surface area contributed by atoms with Crippen molar-refractivity contribution in [3.05, 3.63) is 51.1 Å². The lowest BCUT2D eigenvalue weighted by atomic mass is 10.1. The Labute approximate surface area is 132 Å². The van der Waals surface area contributed by atoms with E-state index in [2.05, 4.69) is 31.7 Å². The van der Waals surface area contributed by atoms with Crippen LogP contribution in [0.1, 0.15) is 27.2 Å². The summed E-state index contributed by atoms with van der Waals surface area (Å²) in [5.74, 6) is 5.63. The first-order valence-corrected chi connectivity index (χ1v) is 7.23. The Kier molecular flexibility index (Phi) is 4.59. The highest BCUT2D eigenvalue weighted by molar-refractivity contribution is 9.10. The SMILES string of the molecule is Cc1cc(C(=O)Nc2c(C)cc(Br)cc2C)cc(NN)n1. The summed E-state index contributed by atoms with van der Waals surface area (Å²) in [4.78, 5) is 16.6. The summed E-state index contributed by atoms with van der Waals surface area (Å²) in [6.45, 7) is 5.73. The summed E-state index contributed by atoms with van der Waals surface area (Å²) >= 11 is 3.44. The predicted molar refractivity (Wildman–Crippen MR) is 88.4 cm³/mol. The maximum atomic E-state index is 12.4. The molecule has 110 valence electrons. The van der Waals surface area contributed by atoms with Gasteiger partial charge in [0.1, 0.15) is 5.82 Å². The Morgan fingerprint density at radius 1 is 1.14 bits per heavy atom. The van der Waals surface area contributed by atoms with Crippen molar-refractivity contribution in [1.82, 2.24) is 4.98 Å². The number of aromatic nitrogens is 1. The van der Waals surface area contributed by atoms with Gasteiger partial charge in [-0.3, -0.25) is 4.79 Å². The number of pyridine rings is 1. The molecular weight excluding hydrogens is 332 g/mol. The third kappa shape index (κ3) is 3.59. The van der Waals surface area contributed by atoms with E-state index in [9.17, 15) is 4.79 Å². The number of hydrogen-bond donors (Lipinski definition) is 3. The number of rotatable bonds is 3. The van der Waals surface area contributed by atoms with Gasteiger partial charge < -0.3 is 10.7 Å². The second-order valence-electron chi connectivity index (χ2n) is 4.90. The Hall–Kier alpha value is -1.92. The van der Waals surface area contributed by atoms with Crippen LogP contribution >= 0.6 is 15.9 Å². The summed E-state index contributed by atoms with van der Waals surface area (Å²) in [6.07, 6.45) is 0. The lowest BCUT2D eigenvalue weighted by Crippen LogP contribution is -2.16. The molecule has 1 aromatic heterocycles. The average Bonchev–Trinajstić information content (AvgIpc) is 2.41. The third-order valence-electron chi connectivity index (χ3n) is 3.10. The van der Waals surface area contributed by atoms with E-state index in [1.807, 2.05) is 32.9 Å². The molecule has 0 radical (unpaired) electrons. The van der Waals surface area contributed by atoms with E-state index in [1.165, 1.54) is 0 Å². The molecule has 21 heavy (non-hydrogen) atoms. The number of benzene rings is 1. The van der Waals surface area contributed by atoms with Gasteiger partial charge in [0.25, 0.3) is 5.91 Å². The minimum atomic E-state index is -0.189. The van der Waals surface area contributed by atoms with Crippen LogP contribution in [-0.4, -0.2) is 10.9 Å². The van der Waals surface area contributed by atoms with Crippen molar-refractivity contribution in [2.24, 2.45) is 5.84 Å². The maximum absolute atomic E-state index is 12.4. The molecule has 1 aromatic carbocycles. The normalized spacial score (nSPS) is 10.3. The van der Waals surface area contributed by atoms with Gasteiger partial charge in [0.15, 0.2) is 0 Å². The average molecular weight is 349 g/mol. The highest BCUT2D eigenvalue weighted by atomic mass is 79.9. The fourth-order valence-electron chi connectivity index (χ4n) is 2.17. The second-order valence-corrected chi connectivity index (χ2v) is 5.81. The number of carbonyl (C=O) groups is 1. The Morgan fingerprint density at radius 2 is 1.76 bits per heavy atom. The summed E-state index contributed by atoms with van der Waals surface area (Å²) in [7, 11) is 0. The van der Waals surface area contributed by atoms with Crippen LogP contribution in [0.5, 0.6) is 0 Å². The molecular formula is C15H17BrN4O. The van der Waals surface area contributed by atoms with Crippen LogP contribution in [0.4, 0.5) is 11.5 Å². The number of nitrogen functional groups attached to an aromatic ring is 1. The van der Waals surface area contributed by atoms with E-state index in [0.29, 0.717) is 11.4 Å². The molecule has 2 rings (SSSR count). The quantitative estimate of drug-likeness (QED) is 0.587. The maximum Gasteiger partial charge on any atom is 0.255 e. The fourth-order valence-corrected chi connectivity index (χ4v) is 2.85. The van der Waals surface area contributed by atoms with Gasteiger partial charge in [-0.25, -0.2) is 10.8 Å².